The molecule has 0 aromatic heterocycles. The van der Waals surface area contributed by atoms with Gasteiger partial charge in [-0.3, -0.25) is 4.90 Å². The molecule has 0 spiro atoms. The Morgan fingerprint density at radius 3 is 2.79 bits per heavy atom. The lowest BCUT2D eigenvalue weighted by molar-refractivity contribution is 0.0633. The molecule has 1 aliphatic carbocycles. The summed E-state index contributed by atoms with van der Waals surface area (Å²) < 4.78 is 0. The summed E-state index contributed by atoms with van der Waals surface area (Å²) in [7, 11) is 2.02. The number of aliphatic hydroxyl groups excluding tert-OH is 1. The molecule has 2 fully saturated rings. The largest absolute Gasteiger partial charge is 0.391 e. The molecule has 1 saturated heterocycles. The Labute approximate surface area is 86.5 Å². The first-order valence-corrected chi connectivity index (χ1v) is 5.91. The highest BCUT2D eigenvalue weighted by Crippen LogP contribution is 2.30. The zero-order valence-electron chi connectivity index (χ0n) is 9.08. The molecule has 3 nitrogen and oxygen atoms in total. The lowest BCUT2D eigenvalue weighted by atomic mass is 10.1. The summed E-state index contributed by atoms with van der Waals surface area (Å²) in [6, 6.07) is 1.12. The van der Waals surface area contributed by atoms with Crippen molar-refractivity contribution in [2.45, 2.75) is 50.3 Å². The van der Waals surface area contributed by atoms with E-state index in [4.69, 9.17) is 0 Å². The number of rotatable bonds is 3. The van der Waals surface area contributed by atoms with Crippen LogP contribution < -0.4 is 5.32 Å². The van der Waals surface area contributed by atoms with Crippen LogP contribution in [-0.4, -0.2) is 48.3 Å². The van der Waals surface area contributed by atoms with Crippen molar-refractivity contribution >= 4 is 0 Å². The van der Waals surface area contributed by atoms with Crippen LogP contribution in [0.25, 0.3) is 0 Å². The molecule has 0 bridgehead atoms. The number of hydrogen-bond donors (Lipinski definition) is 2. The van der Waals surface area contributed by atoms with Crippen LogP contribution in [-0.2, 0) is 0 Å². The molecule has 14 heavy (non-hydrogen) atoms. The summed E-state index contributed by atoms with van der Waals surface area (Å²) in [6.45, 7) is 2.26. The Morgan fingerprint density at radius 2 is 2.14 bits per heavy atom. The lowest BCUT2D eigenvalue weighted by Gasteiger charge is -2.32. The van der Waals surface area contributed by atoms with Gasteiger partial charge in [-0.1, -0.05) is 0 Å². The van der Waals surface area contributed by atoms with Crippen molar-refractivity contribution < 1.29 is 5.11 Å². The van der Waals surface area contributed by atoms with Crippen LogP contribution in [0.1, 0.15) is 32.1 Å². The van der Waals surface area contributed by atoms with Crippen LogP contribution >= 0.6 is 0 Å². The first-order valence-electron chi connectivity index (χ1n) is 5.91. The Bertz CT molecular complexity index is 186. The fourth-order valence-corrected chi connectivity index (χ4v) is 3.06. The summed E-state index contributed by atoms with van der Waals surface area (Å²) in [6.07, 6.45) is 5.94. The Morgan fingerprint density at radius 1 is 1.29 bits per heavy atom. The molecule has 3 heteroatoms. The smallest absolute Gasteiger partial charge is 0.0695 e. The van der Waals surface area contributed by atoms with Crippen molar-refractivity contribution in [1.29, 1.82) is 0 Å². The van der Waals surface area contributed by atoms with E-state index in [0.29, 0.717) is 12.1 Å². The summed E-state index contributed by atoms with van der Waals surface area (Å²) in [4.78, 5) is 2.54. The molecule has 0 aromatic rings. The van der Waals surface area contributed by atoms with E-state index >= 15 is 0 Å². The van der Waals surface area contributed by atoms with Crippen molar-refractivity contribution in [3.63, 3.8) is 0 Å². The minimum Gasteiger partial charge on any atom is -0.391 e. The normalized spacial score (nSPS) is 39.4. The number of nitrogens with zero attached hydrogens (tertiary/aromatic N) is 1. The maximum absolute atomic E-state index is 9.87. The summed E-state index contributed by atoms with van der Waals surface area (Å²) in [5.74, 6) is 0. The number of aliphatic hydroxyl groups is 1. The standard InChI is InChI=1S/C11H22N2O/c1-12-8-9-4-3-7-13(9)10-5-2-6-11(10)14/h9-12,14H,2-8H2,1H3. The highest BCUT2D eigenvalue weighted by molar-refractivity contribution is 4.92. The third kappa shape index (κ3) is 1.95. The minimum atomic E-state index is -0.0625. The van der Waals surface area contributed by atoms with Gasteiger partial charge in [0.2, 0.25) is 0 Å². The second kappa shape index (κ2) is 4.60. The maximum Gasteiger partial charge on any atom is 0.0695 e. The third-order valence-corrected chi connectivity index (χ3v) is 3.73. The van der Waals surface area contributed by atoms with E-state index in [9.17, 15) is 5.11 Å². The molecule has 3 atom stereocenters. The van der Waals surface area contributed by atoms with Gasteiger partial charge in [-0.2, -0.15) is 0 Å². The Hall–Kier alpha value is -0.120. The molecule has 2 N–H and O–H groups in total. The lowest BCUT2D eigenvalue weighted by Crippen LogP contribution is -2.46. The summed E-state index contributed by atoms with van der Waals surface area (Å²) in [5.41, 5.74) is 0. The zero-order chi connectivity index (χ0) is 9.97. The third-order valence-electron chi connectivity index (χ3n) is 3.73. The van der Waals surface area contributed by atoms with Crippen LogP contribution in [0, 0.1) is 0 Å². The van der Waals surface area contributed by atoms with E-state index in [2.05, 4.69) is 10.2 Å². The van der Waals surface area contributed by atoms with E-state index < -0.39 is 0 Å². The van der Waals surface area contributed by atoms with Crippen LogP contribution in [0.15, 0.2) is 0 Å². The van der Waals surface area contributed by atoms with Gasteiger partial charge in [-0.15, -0.1) is 0 Å². The topological polar surface area (TPSA) is 35.5 Å². The number of nitrogens with one attached hydrogen (secondary N) is 1. The van der Waals surface area contributed by atoms with Crippen LogP contribution in [0.4, 0.5) is 0 Å². The van der Waals surface area contributed by atoms with Crippen molar-refractivity contribution in [3.05, 3.63) is 0 Å². The van der Waals surface area contributed by atoms with Gasteiger partial charge in [0.25, 0.3) is 0 Å². The van der Waals surface area contributed by atoms with E-state index in [0.717, 1.165) is 13.0 Å². The van der Waals surface area contributed by atoms with Crippen molar-refractivity contribution in [2.75, 3.05) is 20.1 Å². The van der Waals surface area contributed by atoms with Gasteiger partial charge in [0.15, 0.2) is 0 Å². The van der Waals surface area contributed by atoms with Gasteiger partial charge >= 0.3 is 0 Å². The Kier molecular flexibility index (Phi) is 3.42. The molecule has 0 amide bonds. The maximum atomic E-state index is 9.87. The fourth-order valence-electron chi connectivity index (χ4n) is 3.06. The minimum absolute atomic E-state index is 0.0625. The molecule has 1 saturated carbocycles. The molecular formula is C11H22N2O. The van der Waals surface area contributed by atoms with Crippen molar-refractivity contribution in [3.8, 4) is 0 Å². The van der Waals surface area contributed by atoms with E-state index in [1.165, 1.54) is 32.2 Å². The Balaban J connectivity index is 1.94. The molecule has 0 radical (unpaired) electrons. The first kappa shape index (κ1) is 10.4. The molecule has 82 valence electrons. The second-order valence-electron chi connectivity index (χ2n) is 4.66. The van der Waals surface area contributed by atoms with Crippen LogP contribution in [0.5, 0.6) is 0 Å². The van der Waals surface area contributed by atoms with Crippen molar-refractivity contribution in [2.24, 2.45) is 0 Å². The molecule has 2 aliphatic rings. The molecule has 3 unspecified atom stereocenters. The number of likely N-dealkylation sites (tertiary alicyclic amines) is 1. The predicted octanol–water partition coefficient (Wildman–Crippen LogP) is 0.584. The zero-order valence-corrected chi connectivity index (χ0v) is 9.08. The fraction of sp³-hybridized carbons (Fsp3) is 1.00. The second-order valence-corrected chi connectivity index (χ2v) is 4.66. The molecule has 0 aromatic carbocycles. The average molecular weight is 198 g/mol. The first-order chi connectivity index (χ1) is 6.83. The SMILES string of the molecule is CNCC1CCCN1C1CCCC1O. The van der Waals surface area contributed by atoms with E-state index in [1.54, 1.807) is 0 Å². The van der Waals surface area contributed by atoms with Crippen LogP contribution in [0.3, 0.4) is 0 Å². The predicted molar refractivity (Wildman–Crippen MR) is 57.3 cm³/mol. The highest BCUT2D eigenvalue weighted by Gasteiger charge is 2.36. The van der Waals surface area contributed by atoms with Gasteiger partial charge in [0.05, 0.1) is 6.10 Å². The van der Waals surface area contributed by atoms with Crippen molar-refractivity contribution in [1.82, 2.24) is 10.2 Å². The van der Waals surface area contributed by atoms with Gasteiger partial charge in [-0.25, -0.2) is 0 Å². The van der Waals surface area contributed by atoms with Gasteiger partial charge < -0.3 is 10.4 Å². The number of hydrogen-bond acceptors (Lipinski definition) is 3. The average Bonchev–Trinajstić information content (AvgIpc) is 2.74. The molecule has 2 rings (SSSR count). The molecule has 1 heterocycles. The summed E-state index contributed by atoms with van der Waals surface area (Å²) in [5, 5.41) is 13.1. The van der Waals surface area contributed by atoms with Gasteiger partial charge in [-0.05, 0) is 45.7 Å². The van der Waals surface area contributed by atoms with E-state index in [-0.39, 0.29) is 6.10 Å². The van der Waals surface area contributed by atoms with E-state index in [1.807, 2.05) is 7.05 Å². The highest BCUT2D eigenvalue weighted by atomic mass is 16.3. The quantitative estimate of drug-likeness (QED) is 0.696. The molecule has 1 aliphatic heterocycles. The van der Waals surface area contributed by atoms with Gasteiger partial charge in [0.1, 0.15) is 0 Å². The summed E-state index contributed by atoms with van der Waals surface area (Å²) >= 11 is 0. The van der Waals surface area contributed by atoms with Crippen LogP contribution in [0.2, 0.25) is 0 Å². The molecular weight excluding hydrogens is 176 g/mol. The van der Waals surface area contributed by atoms with Gasteiger partial charge in [0, 0.05) is 18.6 Å². The number of likely N-dealkylation sites (N-methyl/N-ethyl adjacent to an activating group) is 1. The monoisotopic (exact) mass is 198 g/mol.